The Bertz CT molecular complexity index is 84.4. The molecule has 0 atom stereocenters. The van der Waals surface area contributed by atoms with E-state index in [2.05, 4.69) is 0 Å². The second-order valence-electron chi connectivity index (χ2n) is 0. The Hall–Kier alpha value is 11.7. The number of rotatable bonds is 0. The van der Waals surface area contributed by atoms with E-state index in [1.165, 1.54) is 0 Å². The Morgan fingerprint density at radius 3 is 1.06 bits per heavy atom. The molecule has 0 fully saturated rings. The third kappa shape index (κ3) is 115. The van der Waals surface area contributed by atoms with Crippen molar-refractivity contribution in [1.29, 1.82) is 0 Å². The van der Waals surface area contributed by atoms with Gasteiger partial charge in [0.25, 0.3) is 0 Å². The normalized spacial score (nSPS) is 0. The maximum Gasteiger partial charge on any atom is 2.00 e. The van der Waals surface area contributed by atoms with E-state index >= 15 is 0 Å². The van der Waals surface area contributed by atoms with Crippen molar-refractivity contribution in [2.45, 2.75) is 0 Å². The van der Waals surface area contributed by atoms with Crippen LogP contribution in [0.15, 0.2) is 0 Å². The van der Waals surface area contributed by atoms with Crippen LogP contribution in [-0.2, 0) is 187 Å². The summed E-state index contributed by atoms with van der Waals surface area (Å²) in [7, 11) is 0. The maximum absolute atomic E-state index is 0. The summed E-state index contributed by atoms with van der Waals surface area (Å²) in [5.74, 6) is 0. The van der Waals surface area contributed by atoms with E-state index < -0.39 is 0 Å². The van der Waals surface area contributed by atoms with Gasteiger partial charge in [0, 0.05) is 187 Å². The minimum absolute atomic E-state index is 0. The van der Waals surface area contributed by atoms with Crippen LogP contribution in [0.5, 0.6) is 0 Å². The smallest absolute Gasteiger partial charge is 1.00 e. The molecule has 0 bridgehead atoms. The molecule has 0 nitrogen and oxygen atoms in total. The van der Waals surface area contributed by atoms with Crippen molar-refractivity contribution in [1.82, 2.24) is 0 Å². The first kappa shape index (κ1) is 145. The minimum atomic E-state index is 0. The van der Waals surface area contributed by atoms with Crippen molar-refractivity contribution >= 4 is 78.2 Å². The summed E-state index contributed by atoms with van der Waals surface area (Å²) in [4.78, 5) is 0. The molecular formula is H10AlCaCoCrFeKLiMgMnMoNaNiTiVWZn. The van der Waals surface area contributed by atoms with E-state index in [-0.39, 0.29) is 375 Å². The molecule has 16 heteroatoms. The van der Waals surface area contributed by atoms with Crippen molar-refractivity contribution < 1.29 is 296 Å². The van der Waals surface area contributed by atoms with Gasteiger partial charge in [0.1, 0.15) is 0 Å². The van der Waals surface area contributed by atoms with Gasteiger partial charge in [-0.1, -0.05) is 0 Å². The Morgan fingerprint density at radius 2 is 1.06 bits per heavy atom. The molecule has 0 aliphatic carbocycles. The SMILES string of the molecule is [AlH3].[Ca+2].[Co].[Cr].[Fe].[H-].[H-].[H-].[H-].[H-].[H-].[H-].[K+].[Li+].[Mg+2].[Mn].[Mo].[Na+].[Ni].[Ti].[V].[W].[Zn]. The van der Waals surface area contributed by atoms with Crippen LogP contribution in [0.3, 0.4) is 0 Å². The van der Waals surface area contributed by atoms with Gasteiger partial charge >= 0.3 is 161 Å². The van der Waals surface area contributed by atoms with Crippen LogP contribution < -0.4 is 99.8 Å². The van der Waals surface area contributed by atoms with Gasteiger partial charge in [-0.2, -0.15) is 0 Å². The molecule has 0 aromatic rings. The second kappa shape index (κ2) is 129. The van der Waals surface area contributed by atoms with E-state index in [0.717, 1.165) is 0 Å². The van der Waals surface area contributed by atoms with Crippen LogP contribution in [0.2, 0.25) is 0 Å². The van der Waals surface area contributed by atoms with Crippen LogP contribution >= 0.6 is 0 Å². The van der Waals surface area contributed by atoms with Crippen molar-refractivity contribution in [2.75, 3.05) is 0 Å². The summed E-state index contributed by atoms with van der Waals surface area (Å²) in [5.41, 5.74) is 0. The zero-order valence-corrected chi connectivity index (χ0v) is 33.9. The second-order valence-corrected chi connectivity index (χ2v) is 0. The summed E-state index contributed by atoms with van der Waals surface area (Å²) in [6.45, 7) is 0. The van der Waals surface area contributed by atoms with Gasteiger partial charge in [0.15, 0.2) is 17.4 Å². The zero-order valence-electron chi connectivity index (χ0n) is 15.7. The van der Waals surface area contributed by atoms with Gasteiger partial charge in [0.2, 0.25) is 0 Å². The van der Waals surface area contributed by atoms with Crippen molar-refractivity contribution in [3.05, 3.63) is 0 Å². The largest absolute Gasteiger partial charge is 2.00 e. The van der Waals surface area contributed by atoms with Crippen LogP contribution in [0.4, 0.5) is 0 Å². The molecule has 0 aromatic carbocycles. The minimum Gasteiger partial charge on any atom is -1.00 e. The standard InChI is InChI=1S/Al.Ca.Co.Cr.Fe.K.Li.Mg.Mn.Mo.Na.Ni.Ti.V.W.Zn.10H/q;+2;;;;2*+1;+2;;;+1;;;;;;;;;7*-1. The Morgan fingerprint density at radius 1 is 1.06 bits per heavy atom. The van der Waals surface area contributed by atoms with Gasteiger partial charge in [-0.25, -0.2) is 0 Å². The van der Waals surface area contributed by atoms with E-state index in [9.17, 15) is 0 Å². The zero-order chi connectivity index (χ0) is 0. The van der Waals surface area contributed by atoms with Crippen LogP contribution in [0.1, 0.15) is 9.99 Å². The molecule has 0 aliphatic rings. The van der Waals surface area contributed by atoms with Crippen molar-refractivity contribution in [2.24, 2.45) is 0 Å². The van der Waals surface area contributed by atoms with E-state index in [1.807, 2.05) is 0 Å². The fraction of sp³-hybridized carbons (Fsp3) is 0. The summed E-state index contributed by atoms with van der Waals surface area (Å²) in [6.07, 6.45) is 0. The molecule has 16 heavy (non-hydrogen) atoms. The van der Waals surface area contributed by atoms with Crippen molar-refractivity contribution in [3.8, 4) is 0 Å². The first-order valence-electron chi connectivity index (χ1n) is 0. The summed E-state index contributed by atoms with van der Waals surface area (Å²) in [6, 6.07) is 0. The number of hydrogen-bond acceptors (Lipinski definition) is 0. The first-order chi connectivity index (χ1) is 0. The number of hydrogen-bond donors (Lipinski definition) is 0. The molecule has 0 unspecified atom stereocenters. The van der Waals surface area contributed by atoms with E-state index in [0.29, 0.717) is 0 Å². The van der Waals surface area contributed by atoms with Gasteiger partial charge in [-0.15, -0.1) is 0 Å². The Balaban J connectivity index is 0. The first-order valence-corrected chi connectivity index (χ1v) is 0. The molecule has 83 valence electrons. The van der Waals surface area contributed by atoms with Gasteiger partial charge in [0.05, 0.1) is 0 Å². The third-order valence-corrected chi connectivity index (χ3v) is 0. The molecule has 0 rings (SSSR count). The molecule has 0 saturated carbocycles. The molecule has 0 heterocycles. The van der Waals surface area contributed by atoms with Gasteiger partial charge in [-0.3, -0.25) is 0 Å². The predicted molar refractivity (Wildman–Crippen MR) is 29.2 cm³/mol. The molecule has 3 radical (unpaired) electrons. The summed E-state index contributed by atoms with van der Waals surface area (Å²) < 4.78 is 0. The topological polar surface area (TPSA) is 0 Å². The van der Waals surface area contributed by atoms with Gasteiger partial charge in [-0.05, 0) is 0 Å². The van der Waals surface area contributed by atoms with E-state index in [1.54, 1.807) is 0 Å². The summed E-state index contributed by atoms with van der Waals surface area (Å²) in [5, 5.41) is 0. The molecular weight excluding hydrogens is 885 g/mol. The fourth-order valence-corrected chi connectivity index (χ4v) is 0. The van der Waals surface area contributed by atoms with Crippen LogP contribution in [0, 0.1) is 0 Å². The quantitative estimate of drug-likeness (QED) is 0.213. The monoisotopic (exact) mass is 894 g/mol. The average molecular weight is 895 g/mol. The molecule has 0 aliphatic heterocycles. The Kier molecular flexibility index (Phi) is 1170. The van der Waals surface area contributed by atoms with Gasteiger partial charge < -0.3 is 9.99 Å². The molecule has 0 saturated heterocycles. The Labute approximate surface area is 364 Å². The molecule has 0 aromatic heterocycles. The molecule has 0 amide bonds. The average Bonchev–Trinajstić information content (AvgIpc) is 0. The molecule has 0 spiro atoms. The summed E-state index contributed by atoms with van der Waals surface area (Å²) >= 11 is 0. The third-order valence-electron chi connectivity index (χ3n) is 0. The van der Waals surface area contributed by atoms with Crippen molar-refractivity contribution in [3.63, 3.8) is 0 Å². The predicted octanol–water partition coefficient (Wildman–Crippen LogP) is -10.2. The van der Waals surface area contributed by atoms with Crippen LogP contribution in [-0.4, -0.2) is 78.2 Å². The fourth-order valence-electron chi connectivity index (χ4n) is 0. The molecule has 0 N–H and O–H groups in total. The maximum atomic E-state index is 0. The van der Waals surface area contributed by atoms with E-state index in [4.69, 9.17) is 0 Å². The van der Waals surface area contributed by atoms with Crippen LogP contribution in [0.25, 0.3) is 0 Å².